The lowest BCUT2D eigenvalue weighted by Crippen LogP contribution is -2.43. The second-order valence-corrected chi connectivity index (χ2v) is 4.52. The fourth-order valence-corrected chi connectivity index (χ4v) is 1.67. The molecule has 2 N–H and O–H groups in total. The molecule has 1 aliphatic rings. The van der Waals surface area contributed by atoms with Crippen LogP contribution in [0.4, 0.5) is 4.79 Å². The van der Waals surface area contributed by atoms with Crippen LogP contribution in [0.25, 0.3) is 0 Å². The van der Waals surface area contributed by atoms with Crippen LogP contribution in [-0.4, -0.2) is 29.3 Å². The maximum atomic E-state index is 11.3. The van der Waals surface area contributed by atoms with Crippen LogP contribution in [0.5, 0.6) is 0 Å². The van der Waals surface area contributed by atoms with Gasteiger partial charge in [0.2, 0.25) is 0 Å². The zero-order valence-electron chi connectivity index (χ0n) is 9.73. The lowest BCUT2D eigenvalue weighted by molar-refractivity contribution is -0.140. The molecule has 1 amide bonds. The summed E-state index contributed by atoms with van der Waals surface area (Å²) in [6.45, 7) is 3.45. The van der Waals surface area contributed by atoms with Crippen molar-refractivity contribution < 1.29 is 19.4 Å². The molecule has 0 aliphatic heterocycles. The highest BCUT2D eigenvalue weighted by molar-refractivity contribution is 5.79. The monoisotopic (exact) mass is 229 g/mol. The summed E-state index contributed by atoms with van der Waals surface area (Å²) >= 11 is 0. The third-order valence-corrected chi connectivity index (χ3v) is 2.73. The molecule has 0 spiro atoms. The Balaban J connectivity index is 2.37. The summed E-state index contributed by atoms with van der Waals surface area (Å²) in [6, 6.07) is -0.823. The predicted molar refractivity (Wildman–Crippen MR) is 58.1 cm³/mol. The van der Waals surface area contributed by atoms with Gasteiger partial charge in [-0.3, -0.25) is 0 Å². The fraction of sp³-hybridized carbons (Fsp3) is 0.818. The number of nitrogens with one attached hydrogen (secondary N) is 1. The Kier molecular flexibility index (Phi) is 4.58. The number of rotatable bonds is 5. The van der Waals surface area contributed by atoms with E-state index in [1.165, 1.54) is 0 Å². The Hall–Kier alpha value is -1.26. The fourth-order valence-electron chi connectivity index (χ4n) is 1.67. The van der Waals surface area contributed by atoms with E-state index in [4.69, 9.17) is 9.84 Å². The van der Waals surface area contributed by atoms with E-state index in [0.29, 0.717) is 12.3 Å². The smallest absolute Gasteiger partial charge is 0.408 e. The van der Waals surface area contributed by atoms with Crippen molar-refractivity contribution in [1.29, 1.82) is 0 Å². The van der Waals surface area contributed by atoms with Gasteiger partial charge in [0.15, 0.2) is 0 Å². The third-order valence-electron chi connectivity index (χ3n) is 2.73. The van der Waals surface area contributed by atoms with Crippen LogP contribution in [0.15, 0.2) is 0 Å². The first kappa shape index (κ1) is 12.8. The minimum absolute atomic E-state index is 0.238. The molecule has 5 heteroatoms. The Labute approximate surface area is 95.2 Å². The van der Waals surface area contributed by atoms with Crippen LogP contribution in [-0.2, 0) is 9.53 Å². The second kappa shape index (κ2) is 5.72. The molecule has 0 aromatic heterocycles. The largest absolute Gasteiger partial charge is 0.480 e. The number of carbonyl (C=O) groups excluding carboxylic acids is 1. The van der Waals surface area contributed by atoms with E-state index in [0.717, 1.165) is 19.3 Å². The quantitative estimate of drug-likeness (QED) is 0.753. The van der Waals surface area contributed by atoms with Crippen molar-refractivity contribution in [2.75, 3.05) is 0 Å². The van der Waals surface area contributed by atoms with Crippen molar-refractivity contribution in [2.24, 2.45) is 5.92 Å². The third kappa shape index (κ3) is 4.08. The summed E-state index contributed by atoms with van der Waals surface area (Å²) in [5.41, 5.74) is 0. The molecule has 92 valence electrons. The standard InChI is InChI=1S/C11H19NO4/c1-7(2)16-11(15)12-9(10(13)14)6-8-4-3-5-8/h7-9H,3-6H2,1-2H3,(H,12,15)(H,13,14)/t9-/m1/s1. The van der Waals surface area contributed by atoms with E-state index in [2.05, 4.69) is 5.32 Å². The zero-order valence-corrected chi connectivity index (χ0v) is 9.73. The van der Waals surface area contributed by atoms with Crippen LogP contribution in [0, 0.1) is 5.92 Å². The van der Waals surface area contributed by atoms with E-state index in [1.807, 2.05) is 0 Å². The summed E-state index contributed by atoms with van der Waals surface area (Å²) in [4.78, 5) is 22.2. The number of hydrogen-bond acceptors (Lipinski definition) is 3. The molecule has 1 aliphatic carbocycles. The molecular formula is C11H19NO4. The summed E-state index contributed by atoms with van der Waals surface area (Å²) in [5, 5.41) is 11.3. The minimum atomic E-state index is -0.993. The summed E-state index contributed by atoms with van der Waals surface area (Å²) in [6.07, 6.45) is 2.89. The van der Waals surface area contributed by atoms with Crippen LogP contribution in [0.2, 0.25) is 0 Å². The van der Waals surface area contributed by atoms with Crippen molar-refractivity contribution in [3.63, 3.8) is 0 Å². The number of ether oxygens (including phenoxy) is 1. The highest BCUT2D eigenvalue weighted by atomic mass is 16.6. The highest BCUT2D eigenvalue weighted by Crippen LogP contribution is 2.30. The first-order valence-corrected chi connectivity index (χ1v) is 5.69. The summed E-state index contributed by atoms with van der Waals surface area (Å²) < 4.78 is 4.85. The maximum Gasteiger partial charge on any atom is 0.408 e. The van der Waals surface area contributed by atoms with Gasteiger partial charge >= 0.3 is 12.1 Å². The first-order chi connectivity index (χ1) is 7.49. The second-order valence-electron chi connectivity index (χ2n) is 4.52. The minimum Gasteiger partial charge on any atom is -0.480 e. The number of carboxylic acids is 1. The van der Waals surface area contributed by atoms with Crippen molar-refractivity contribution in [3.05, 3.63) is 0 Å². The number of carbonyl (C=O) groups is 2. The molecule has 0 saturated heterocycles. The molecule has 1 atom stereocenters. The lowest BCUT2D eigenvalue weighted by atomic mass is 9.81. The molecule has 0 radical (unpaired) electrons. The Bertz CT molecular complexity index is 261. The molecule has 0 aromatic rings. The van der Waals surface area contributed by atoms with Crippen molar-refractivity contribution in [2.45, 2.75) is 51.7 Å². The molecule has 1 fully saturated rings. The Morgan fingerprint density at radius 3 is 2.44 bits per heavy atom. The molecule has 0 bridgehead atoms. The van der Waals surface area contributed by atoms with Crippen molar-refractivity contribution in [3.8, 4) is 0 Å². The molecule has 5 nitrogen and oxygen atoms in total. The van der Waals surface area contributed by atoms with Crippen LogP contribution in [0.3, 0.4) is 0 Å². The normalized spacial score (nSPS) is 17.7. The first-order valence-electron chi connectivity index (χ1n) is 5.69. The van der Waals surface area contributed by atoms with Gasteiger partial charge in [-0.1, -0.05) is 19.3 Å². The van der Waals surface area contributed by atoms with Crippen LogP contribution in [0.1, 0.15) is 39.5 Å². The van der Waals surface area contributed by atoms with Crippen molar-refractivity contribution >= 4 is 12.1 Å². The van der Waals surface area contributed by atoms with E-state index in [1.54, 1.807) is 13.8 Å². The van der Waals surface area contributed by atoms with Gasteiger partial charge in [0.05, 0.1) is 6.10 Å². The van der Waals surface area contributed by atoms with Gasteiger partial charge in [0.1, 0.15) is 6.04 Å². The average molecular weight is 229 g/mol. The maximum absolute atomic E-state index is 11.3. The van der Waals surface area contributed by atoms with E-state index < -0.39 is 18.1 Å². The van der Waals surface area contributed by atoms with Crippen LogP contribution >= 0.6 is 0 Å². The average Bonchev–Trinajstić information content (AvgIpc) is 2.07. The number of alkyl carbamates (subject to hydrolysis) is 1. The number of hydrogen-bond donors (Lipinski definition) is 2. The van der Waals surface area contributed by atoms with Gasteiger partial charge in [0, 0.05) is 0 Å². The Morgan fingerprint density at radius 2 is 2.06 bits per heavy atom. The van der Waals surface area contributed by atoms with E-state index >= 15 is 0 Å². The summed E-state index contributed by atoms with van der Waals surface area (Å²) in [7, 11) is 0. The SMILES string of the molecule is CC(C)OC(=O)N[C@H](CC1CCC1)C(=O)O. The van der Waals surface area contributed by atoms with E-state index in [-0.39, 0.29) is 6.10 Å². The highest BCUT2D eigenvalue weighted by Gasteiger charge is 2.28. The molecule has 1 saturated carbocycles. The van der Waals surface area contributed by atoms with Gasteiger partial charge < -0.3 is 15.2 Å². The van der Waals surface area contributed by atoms with Gasteiger partial charge in [-0.15, -0.1) is 0 Å². The molecule has 0 aromatic carbocycles. The Morgan fingerprint density at radius 1 is 1.44 bits per heavy atom. The van der Waals surface area contributed by atoms with Gasteiger partial charge in [-0.25, -0.2) is 9.59 Å². The van der Waals surface area contributed by atoms with Crippen molar-refractivity contribution in [1.82, 2.24) is 5.32 Å². The molecular weight excluding hydrogens is 210 g/mol. The molecule has 0 heterocycles. The van der Waals surface area contributed by atoms with Gasteiger partial charge in [0.25, 0.3) is 0 Å². The van der Waals surface area contributed by atoms with E-state index in [9.17, 15) is 9.59 Å². The topological polar surface area (TPSA) is 75.6 Å². The number of carboxylic acid groups (broad SMARTS) is 1. The van der Waals surface area contributed by atoms with Crippen LogP contribution < -0.4 is 5.32 Å². The number of aliphatic carboxylic acids is 1. The molecule has 0 unspecified atom stereocenters. The predicted octanol–water partition coefficient (Wildman–Crippen LogP) is 1.76. The van der Waals surface area contributed by atoms with Gasteiger partial charge in [-0.05, 0) is 26.2 Å². The lowest BCUT2D eigenvalue weighted by Gasteiger charge is -2.28. The zero-order chi connectivity index (χ0) is 12.1. The van der Waals surface area contributed by atoms with Gasteiger partial charge in [-0.2, -0.15) is 0 Å². The molecule has 1 rings (SSSR count). The summed E-state index contributed by atoms with van der Waals surface area (Å²) in [5.74, 6) is -0.562. The number of amides is 1. The molecule has 16 heavy (non-hydrogen) atoms.